The summed E-state index contributed by atoms with van der Waals surface area (Å²) in [5.41, 5.74) is 9.35. The number of carbonyl (C=O) groups excluding carboxylic acids is 1. The van der Waals surface area contributed by atoms with Crippen LogP contribution in [-0.4, -0.2) is 43.4 Å². The van der Waals surface area contributed by atoms with E-state index >= 15 is 0 Å². The average molecular weight is 458 g/mol. The maximum absolute atomic E-state index is 11.2. The molecule has 1 fully saturated rings. The van der Waals surface area contributed by atoms with Crippen molar-refractivity contribution in [3.8, 4) is 0 Å². The summed E-state index contributed by atoms with van der Waals surface area (Å²) in [5, 5.41) is 3.46. The van der Waals surface area contributed by atoms with Crippen LogP contribution in [0.15, 0.2) is 23.2 Å². The Morgan fingerprint density at radius 3 is 2.80 bits per heavy atom. The highest BCUT2D eigenvalue weighted by Crippen LogP contribution is 2.19. The molecule has 1 unspecified atom stereocenters. The summed E-state index contributed by atoms with van der Waals surface area (Å²) < 4.78 is 0. The number of rotatable bonds is 5. The first kappa shape index (κ1) is 21.7. The monoisotopic (exact) mass is 458 g/mol. The molecule has 0 saturated carbocycles. The Kier molecular flexibility index (Phi) is 9.24. The van der Waals surface area contributed by atoms with Crippen molar-refractivity contribution in [1.29, 1.82) is 0 Å². The smallest absolute Gasteiger partial charge is 0.217 e. The first-order valence-electron chi connectivity index (χ1n) is 8.79. The number of nitrogens with one attached hydrogen (secondary N) is 1. The van der Waals surface area contributed by atoms with E-state index in [-0.39, 0.29) is 29.9 Å². The Balaban J connectivity index is 0.00000312. The molecule has 1 aliphatic rings. The molecule has 1 aromatic carbocycles. The molecule has 2 rings (SSSR count). The Bertz CT molecular complexity index is 603. The molecule has 1 aromatic rings. The number of hydrogen-bond donors (Lipinski definition) is 2. The lowest BCUT2D eigenvalue weighted by Crippen LogP contribution is -2.47. The molecule has 3 N–H and O–H groups in total. The fourth-order valence-electron chi connectivity index (χ4n) is 3.48. The molecule has 25 heavy (non-hydrogen) atoms. The predicted octanol–water partition coefficient (Wildman–Crippen LogP) is 2.63. The standard InChI is InChI=1S/C19H30N4O.HI/c1-14-6-7-17(15(2)11-14)8-9-22-19(21-3)23-10-4-5-16(13-23)12-18(20)24;/h6-7,11,16H,4-5,8-10,12-13H2,1-3H3,(H2,20,24)(H,21,22);1H. The van der Waals surface area contributed by atoms with Gasteiger partial charge >= 0.3 is 0 Å². The predicted molar refractivity (Wildman–Crippen MR) is 115 cm³/mol. The maximum atomic E-state index is 11.2. The SMILES string of the molecule is CN=C(NCCc1ccc(C)cc1C)N1CCCC(CC(N)=O)C1.I. The van der Waals surface area contributed by atoms with Gasteiger partial charge in [0.2, 0.25) is 5.91 Å². The van der Waals surface area contributed by atoms with E-state index < -0.39 is 0 Å². The topological polar surface area (TPSA) is 70.7 Å². The molecule has 1 amide bonds. The van der Waals surface area contributed by atoms with Crippen molar-refractivity contribution >= 4 is 35.8 Å². The molecule has 1 atom stereocenters. The normalized spacial score (nSPS) is 17.8. The summed E-state index contributed by atoms with van der Waals surface area (Å²) in [6, 6.07) is 6.60. The summed E-state index contributed by atoms with van der Waals surface area (Å²) in [5.74, 6) is 1.06. The van der Waals surface area contributed by atoms with E-state index in [1.54, 1.807) is 0 Å². The van der Waals surface area contributed by atoms with Gasteiger partial charge in [-0.1, -0.05) is 23.8 Å². The number of guanidine groups is 1. The second-order valence-corrected chi connectivity index (χ2v) is 6.78. The van der Waals surface area contributed by atoms with E-state index in [0.29, 0.717) is 12.3 Å². The number of likely N-dealkylation sites (tertiary alicyclic amines) is 1. The Morgan fingerprint density at radius 2 is 2.16 bits per heavy atom. The molecule has 0 radical (unpaired) electrons. The van der Waals surface area contributed by atoms with Crippen LogP contribution in [0.25, 0.3) is 0 Å². The van der Waals surface area contributed by atoms with Gasteiger partial charge in [0.1, 0.15) is 0 Å². The molecule has 140 valence electrons. The number of halogens is 1. The molecule has 1 aliphatic heterocycles. The number of piperidine rings is 1. The third-order valence-electron chi connectivity index (χ3n) is 4.70. The summed E-state index contributed by atoms with van der Waals surface area (Å²) in [4.78, 5) is 17.8. The molecule has 0 aliphatic carbocycles. The molecule has 6 heteroatoms. The minimum Gasteiger partial charge on any atom is -0.370 e. The zero-order valence-corrected chi connectivity index (χ0v) is 17.9. The van der Waals surface area contributed by atoms with Gasteiger partial charge in [-0.05, 0) is 50.2 Å². The van der Waals surface area contributed by atoms with Crippen molar-refractivity contribution in [2.24, 2.45) is 16.6 Å². The van der Waals surface area contributed by atoms with E-state index in [2.05, 4.69) is 47.3 Å². The van der Waals surface area contributed by atoms with Gasteiger partial charge in [-0.2, -0.15) is 0 Å². The third-order valence-corrected chi connectivity index (χ3v) is 4.70. The number of primary amides is 1. The largest absolute Gasteiger partial charge is 0.370 e. The second kappa shape index (κ2) is 10.6. The van der Waals surface area contributed by atoms with Crippen molar-refractivity contribution in [2.45, 2.75) is 39.5 Å². The molecular formula is C19H31IN4O. The van der Waals surface area contributed by atoms with Crippen LogP contribution in [0.3, 0.4) is 0 Å². The third kappa shape index (κ3) is 6.84. The highest BCUT2D eigenvalue weighted by molar-refractivity contribution is 14.0. The minimum atomic E-state index is -0.209. The molecule has 1 saturated heterocycles. The van der Waals surface area contributed by atoms with E-state index in [0.717, 1.165) is 44.9 Å². The van der Waals surface area contributed by atoms with E-state index in [1.807, 2.05) is 7.05 Å². The Morgan fingerprint density at radius 1 is 1.40 bits per heavy atom. The molecule has 5 nitrogen and oxygen atoms in total. The minimum absolute atomic E-state index is 0. The lowest BCUT2D eigenvalue weighted by Gasteiger charge is -2.34. The van der Waals surface area contributed by atoms with Gasteiger partial charge in [-0.15, -0.1) is 24.0 Å². The van der Waals surface area contributed by atoms with Crippen LogP contribution in [0.5, 0.6) is 0 Å². The Hall–Kier alpha value is -1.31. The van der Waals surface area contributed by atoms with E-state index in [4.69, 9.17) is 5.73 Å². The zero-order valence-electron chi connectivity index (χ0n) is 15.5. The molecule has 0 aromatic heterocycles. The van der Waals surface area contributed by atoms with Gasteiger partial charge in [0, 0.05) is 33.1 Å². The molecule has 0 bridgehead atoms. The zero-order chi connectivity index (χ0) is 17.5. The summed E-state index contributed by atoms with van der Waals surface area (Å²) >= 11 is 0. The number of benzene rings is 1. The van der Waals surface area contributed by atoms with Crippen LogP contribution in [0.4, 0.5) is 0 Å². The average Bonchev–Trinajstić information content (AvgIpc) is 2.53. The van der Waals surface area contributed by atoms with Crippen LogP contribution in [0.2, 0.25) is 0 Å². The van der Waals surface area contributed by atoms with Gasteiger partial charge in [0.15, 0.2) is 5.96 Å². The number of nitrogens with zero attached hydrogens (tertiary/aromatic N) is 2. The summed E-state index contributed by atoms with van der Waals surface area (Å²) in [6.07, 6.45) is 3.59. The van der Waals surface area contributed by atoms with Gasteiger partial charge in [0.25, 0.3) is 0 Å². The maximum Gasteiger partial charge on any atom is 0.217 e. The fourth-order valence-corrected chi connectivity index (χ4v) is 3.48. The van der Waals surface area contributed by atoms with Crippen molar-refractivity contribution in [3.63, 3.8) is 0 Å². The van der Waals surface area contributed by atoms with Crippen LogP contribution in [0, 0.1) is 19.8 Å². The van der Waals surface area contributed by atoms with Gasteiger partial charge < -0.3 is 16.0 Å². The van der Waals surface area contributed by atoms with Crippen molar-refractivity contribution in [1.82, 2.24) is 10.2 Å². The number of aliphatic imine (C=N–C) groups is 1. The summed E-state index contributed by atoms with van der Waals surface area (Å²) in [6.45, 7) is 6.98. The molecule has 1 heterocycles. The van der Waals surface area contributed by atoms with Crippen molar-refractivity contribution in [3.05, 3.63) is 34.9 Å². The van der Waals surface area contributed by atoms with Gasteiger partial charge in [0.05, 0.1) is 0 Å². The lowest BCUT2D eigenvalue weighted by atomic mass is 9.95. The van der Waals surface area contributed by atoms with Crippen LogP contribution >= 0.6 is 24.0 Å². The van der Waals surface area contributed by atoms with E-state index in [1.165, 1.54) is 16.7 Å². The highest BCUT2D eigenvalue weighted by Gasteiger charge is 2.23. The number of hydrogen-bond acceptors (Lipinski definition) is 2. The second-order valence-electron chi connectivity index (χ2n) is 6.78. The Labute approximate surface area is 168 Å². The fraction of sp³-hybridized carbons (Fsp3) is 0.579. The molecule has 0 spiro atoms. The highest BCUT2D eigenvalue weighted by atomic mass is 127. The van der Waals surface area contributed by atoms with Crippen LogP contribution in [0.1, 0.15) is 36.0 Å². The van der Waals surface area contributed by atoms with Gasteiger partial charge in [-0.25, -0.2) is 0 Å². The quantitative estimate of drug-likeness (QED) is 0.405. The van der Waals surface area contributed by atoms with Crippen LogP contribution < -0.4 is 11.1 Å². The number of nitrogens with two attached hydrogens (primary N) is 1. The first-order chi connectivity index (χ1) is 11.5. The van der Waals surface area contributed by atoms with Crippen molar-refractivity contribution in [2.75, 3.05) is 26.7 Å². The van der Waals surface area contributed by atoms with Crippen LogP contribution in [-0.2, 0) is 11.2 Å². The number of carbonyl (C=O) groups is 1. The lowest BCUT2D eigenvalue weighted by molar-refractivity contribution is -0.119. The first-order valence-corrected chi connectivity index (χ1v) is 8.79. The van der Waals surface area contributed by atoms with Gasteiger partial charge in [-0.3, -0.25) is 9.79 Å². The van der Waals surface area contributed by atoms with E-state index in [9.17, 15) is 4.79 Å². The number of amides is 1. The van der Waals surface area contributed by atoms with Crippen molar-refractivity contribution < 1.29 is 4.79 Å². The number of aryl methyl sites for hydroxylation is 2. The molecular weight excluding hydrogens is 427 g/mol. The summed E-state index contributed by atoms with van der Waals surface area (Å²) in [7, 11) is 1.82.